The Balaban J connectivity index is 1.53. The Morgan fingerprint density at radius 3 is 2.50 bits per heavy atom. The number of furan rings is 1. The number of fused-ring (bicyclic) bond motifs is 1. The molecule has 2 aromatic heterocycles. The summed E-state index contributed by atoms with van der Waals surface area (Å²) in [5.74, 6) is 0.325. The second-order valence-corrected chi connectivity index (χ2v) is 7.89. The summed E-state index contributed by atoms with van der Waals surface area (Å²) in [7, 11) is 0. The lowest BCUT2D eigenvalue weighted by atomic mass is 10.1. The van der Waals surface area contributed by atoms with Gasteiger partial charge in [0.25, 0.3) is 5.91 Å². The SMILES string of the molecule is Cc1nc(-c2ccc(C(F)(F)F)cc2)sc1C(=O)NC(C)c1cc2ccccc2o1. The normalized spacial score (nSPS) is 12.8. The Hall–Kier alpha value is -3.13. The van der Waals surface area contributed by atoms with Crippen molar-refractivity contribution in [3.8, 4) is 10.6 Å². The lowest BCUT2D eigenvalue weighted by Gasteiger charge is -2.10. The number of carbonyl (C=O) groups excluding carboxylic acids is 1. The lowest BCUT2D eigenvalue weighted by Crippen LogP contribution is -2.26. The molecule has 8 heteroatoms. The molecule has 2 aromatic carbocycles. The summed E-state index contributed by atoms with van der Waals surface area (Å²) in [6.45, 7) is 3.52. The Labute approximate surface area is 174 Å². The number of thiazole rings is 1. The third kappa shape index (κ3) is 3.95. The van der Waals surface area contributed by atoms with Gasteiger partial charge in [-0.2, -0.15) is 13.2 Å². The fourth-order valence-corrected chi connectivity index (χ4v) is 4.06. The molecule has 154 valence electrons. The van der Waals surface area contributed by atoms with E-state index in [0.717, 1.165) is 34.4 Å². The number of hydrogen-bond donors (Lipinski definition) is 1. The third-order valence-electron chi connectivity index (χ3n) is 4.68. The van der Waals surface area contributed by atoms with Gasteiger partial charge in [0.1, 0.15) is 21.2 Å². The number of hydrogen-bond acceptors (Lipinski definition) is 4. The zero-order chi connectivity index (χ0) is 21.5. The number of carbonyl (C=O) groups is 1. The number of aryl methyl sites for hydroxylation is 1. The van der Waals surface area contributed by atoms with Crippen LogP contribution in [0.1, 0.15) is 39.7 Å². The van der Waals surface area contributed by atoms with E-state index in [4.69, 9.17) is 4.42 Å². The Morgan fingerprint density at radius 2 is 1.83 bits per heavy atom. The molecule has 0 saturated heterocycles. The van der Waals surface area contributed by atoms with Gasteiger partial charge >= 0.3 is 6.18 Å². The van der Waals surface area contributed by atoms with Gasteiger partial charge in [-0.25, -0.2) is 4.98 Å². The molecule has 0 fully saturated rings. The van der Waals surface area contributed by atoms with Gasteiger partial charge in [-0.05, 0) is 38.1 Å². The first-order valence-electron chi connectivity index (χ1n) is 9.17. The van der Waals surface area contributed by atoms with E-state index >= 15 is 0 Å². The van der Waals surface area contributed by atoms with Gasteiger partial charge in [-0.1, -0.05) is 30.3 Å². The maximum atomic E-state index is 12.8. The number of alkyl halides is 3. The second kappa shape index (κ2) is 7.60. The molecule has 1 amide bonds. The van der Waals surface area contributed by atoms with Crippen molar-refractivity contribution in [3.05, 3.63) is 76.5 Å². The molecule has 30 heavy (non-hydrogen) atoms. The van der Waals surface area contributed by atoms with Crippen molar-refractivity contribution in [3.63, 3.8) is 0 Å². The van der Waals surface area contributed by atoms with Gasteiger partial charge in [-0.15, -0.1) is 11.3 Å². The second-order valence-electron chi connectivity index (χ2n) is 6.89. The summed E-state index contributed by atoms with van der Waals surface area (Å²) < 4.78 is 44.0. The number of nitrogens with zero attached hydrogens (tertiary/aromatic N) is 1. The Morgan fingerprint density at radius 1 is 1.13 bits per heavy atom. The van der Waals surface area contributed by atoms with E-state index in [1.165, 1.54) is 12.1 Å². The van der Waals surface area contributed by atoms with Crippen molar-refractivity contribution in [1.29, 1.82) is 0 Å². The molecule has 2 heterocycles. The molecule has 0 bridgehead atoms. The summed E-state index contributed by atoms with van der Waals surface area (Å²) in [4.78, 5) is 17.5. The third-order valence-corrected chi connectivity index (χ3v) is 5.89. The minimum Gasteiger partial charge on any atom is -0.459 e. The smallest absolute Gasteiger partial charge is 0.416 e. The summed E-state index contributed by atoms with van der Waals surface area (Å²) in [6, 6.07) is 13.8. The molecule has 1 N–H and O–H groups in total. The van der Waals surface area contributed by atoms with E-state index in [9.17, 15) is 18.0 Å². The van der Waals surface area contributed by atoms with E-state index in [2.05, 4.69) is 10.3 Å². The van der Waals surface area contributed by atoms with Crippen LogP contribution in [0.4, 0.5) is 13.2 Å². The van der Waals surface area contributed by atoms with Crippen LogP contribution in [0.25, 0.3) is 21.5 Å². The standard InChI is InChI=1S/C22H17F3N2O2S/c1-12(18-11-15-5-3-4-6-17(15)29-18)26-20(28)19-13(2)27-21(30-19)14-7-9-16(10-8-14)22(23,24)25/h3-12H,1-2H3,(H,26,28). The van der Waals surface area contributed by atoms with Crippen LogP contribution in [0.5, 0.6) is 0 Å². The predicted octanol–water partition coefficient (Wildman–Crippen LogP) is 6.37. The molecule has 0 saturated carbocycles. The number of benzene rings is 2. The van der Waals surface area contributed by atoms with Crippen molar-refractivity contribution in [2.45, 2.75) is 26.1 Å². The largest absolute Gasteiger partial charge is 0.459 e. The van der Waals surface area contributed by atoms with Gasteiger partial charge in [0.2, 0.25) is 0 Å². The molecule has 4 rings (SSSR count). The van der Waals surface area contributed by atoms with Crippen LogP contribution in [-0.4, -0.2) is 10.9 Å². The molecule has 0 aliphatic carbocycles. The van der Waals surface area contributed by atoms with Gasteiger partial charge in [-0.3, -0.25) is 4.79 Å². The highest BCUT2D eigenvalue weighted by atomic mass is 32.1. The van der Waals surface area contributed by atoms with E-state index < -0.39 is 11.7 Å². The van der Waals surface area contributed by atoms with Crippen LogP contribution in [-0.2, 0) is 6.18 Å². The zero-order valence-electron chi connectivity index (χ0n) is 16.1. The average molecular weight is 430 g/mol. The minimum atomic E-state index is -4.39. The predicted molar refractivity (Wildman–Crippen MR) is 109 cm³/mol. The van der Waals surface area contributed by atoms with Crippen molar-refractivity contribution in [2.75, 3.05) is 0 Å². The Bertz CT molecular complexity index is 1180. The highest BCUT2D eigenvalue weighted by Gasteiger charge is 2.30. The maximum Gasteiger partial charge on any atom is 0.416 e. The molecular formula is C22H17F3N2O2S. The first-order valence-corrected chi connectivity index (χ1v) is 9.98. The van der Waals surface area contributed by atoms with Gasteiger partial charge < -0.3 is 9.73 Å². The number of rotatable bonds is 4. The van der Waals surface area contributed by atoms with Crippen LogP contribution in [0.2, 0.25) is 0 Å². The van der Waals surface area contributed by atoms with Crippen LogP contribution < -0.4 is 5.32 Å². The van der Waals surface area contributed by atoms with E-state index in [0.29, 0.717) is 26.9 Å². The lowest BCUT2D eigenvalue weighted by molar-refractivity contribution is -0.137. The summed E-state index contributed by atoms with van der Waals surface area (Å²) in [5.41, 5.74) is 1.06. The fraction of sp³-hybridized carbons (Fsp3) is 0.182. The minimum absolute atomic E-state index is 0.309. The van der Waals surface area contributed by atoms with E-state index in [1.54, 1.807) is 6.92 Å². The van der Waals surface area contributed by atoms with Crippen molar-refractivity contribution in [1.82, 2.24) is 10.3 Å². The number of amides is 1. The number of nitrogens with one attached hydrogen (secondary N) is 1. The molecule has 4 nitrogen and oxygen atoms in total. The molecule has 0 aliphatic heterocycles. The first kappa shape index (κ1) is 20.2. The molecule has 1 atom stereocenters. The van der Waals surface area contributed by atoms with Gasteiger partial charge in [0.05, 0.1) is 17.3 Å². The van der Waals surface area contributed by atoms with E-state index in [1.807, 2.05) is 37.3 Å². The summed E-state index contributed by atoms with van der Waals surface area (Å²) >= 11 is 1.14. The molecule has 4 aromatic rings. The van der Waals surface area contributed by atoms with E-state index in [-0.39, 0.29) is 11.9 Å². The van der Waals surface area contributed by atoms with Gasteiger partial charge in [0, 0.05) is 10.9 Å². The highest BCUT2D eigenvalue weighted by Crippen LogP contribution is 2.33. The zero-order valence-corrected chi connectivity index (χ0v) is 16.9. The topological polar surface area (TPSA) is 55.1 Å². The number of para-hydroxylation sites is 1. The number of aromatic nitrogens is 1. The monoisotopic (exact) mass is 430 g/mol. The summed E-state index contributed by atoms with van der Waals surface area (Å²) in [5, 5.41) is 4.34. The number of halogens is 3. The molecule has 0 aliphatic rings. The molecule has 1 unspecified atom stereocenters. The van der Waals surface area contributed by atoms with Crippen molar-refractivity contribution in [2.24, 2.45) is 0 Å². The maximum absolute atomic E-state index is 12.8. The fourth-order valence-electron chi connectivity index (χ4n) is 3.08. The first-order chi connectivity index (χ1) is 14.2. The average Bonchev–Trinajstić information content (AvgIpc) is 3.31. The van der Waals surface area contributed by atoms with Crippen LogP contribution in [0.3, 0.4) is 0 Å². The van der Waals surface area contributed by atoms with Crippen LogP contribution >= 0.6 is 11.3 Å². The summed E-state index contributed by atoms with van der Waals surface area (Å²) in [6.07, 6.45) is -4.39. The molecule has 0 spiro atoms. The van der Waals surface area contributed by atoms with Gasteiger partial charge in [0.15, 0.2) is 0 Å². The van der Waals surface area contributed by atoms with Crippen molar-refractivity contribution < 1.29 is 22.4 Å². The van der Waals surface area contributed by atoms with Crippen molar-refractivity contribution >= 4 is 28.2 Å². The van der Waals surface area contributed by atoms with Crippen LogP contribution in [0, 0.1) is 6.92 Å². The molecule has 0 radical (unpaired) electrons. The molecular weight excluding hydrogens is 413 g/mol. The highest BCUT2D eigenvalue weighted by molar-refractivity contribution is 7.17. The van der Waals surface area contributed by atoms with Crippen LogP contribution in [0.15, 0.2) is 59.0 Å². The Kier molecular flexibility index (Phi) is 5.11. The quantitative estimate of drug-likeness (QED) is 0.409.